The van der Waals surface area contributed by atoms with Crippen LogP contribution in [0.15, 0.2) is 42.6 Å². The zero-order valence-electron chi connectivity index (χ0n) is 15.6. The molecule has 8 heteroatoms. The summed E-state index contributed by atoms with van der Waals surface area (Å²) in [7, 11) is 0. The maximum absolute atomic E-state index is 12.6. The third-order valence-electron chi connectivity index (χ3n) is 4.64. The summed E-state index contributed by atoms with van der Waals surface area (Å²) in [4.78, 5) is 19.6. The van der Waals surface area contributed by atoms with E-state index in [4.69, 9.17) is 4.74 Å². The van der Waals surface area contributed by atoms with Crippen molar-refractivity contribution in [3.05, 3.63) is 59.3 Å². The van der Waals surface area contributed by atoms with Crippen molar-refractivity contribution in [3.63, 3.8) is 0 Å². The third-order valence-corrected chi connectivity index (χ3v) is 4.64. The van der Waals surface area contributed by atoms with E-state index in [0.717, 1.165) is 23.4 Å². The summed E-state index contributed by atoms with van der Waals surface area (Å²) in [5.74, 6) is 0.473. The van der Waals surface area contributed by atoms with Gasteiger partial charge >= 0.3 is 12.3 Å². The van der Waals surface area contributed by atoms with Gasteiger partial charge in [0.2, 0.25) is 0 Å². The number of halogens is 3. The second-order valence-corrected chi connectivity index (χ2v) is 6.73. The molecule has 3 rings (SSSR count). The van der Waals surface area contributed by atoms with Crippen molar-refractivity contribution in [1.29, 1.82) is 0 Å². The van der Waals surface area contributed by atoms with Gasteiger partial charge < -0.3 is 14.5 Å². The van der Waals surface area contributed by atoms with Gasteiger partial charge in [0.05, 0.1) is 12.2 Å². The molecule has 5 nitrogen and oxygen atoms in total. The number of rotatable bonds is 4. The van der Waals surface area contributed by atoms with Crippen LogP contribution in [0, 0.1) is 6.92 Å². The van der Waals surface area contributed by atoms with Gasteiger partial charge in [0, 0.05) is 38.8 Å². The van der Waals surface area contributed by atoms with Gasteiger partial charge in [0.1, 0.15) is 5.82 Å². The number of aryl methyl sites for hydroxylation is 1. The standard InChI is InChI=1S/C20H22F3N3O2/c1-15-3-2-4-16(13-15)7-12-28-19(27)26-10-8-25(9-11-26)18-6-5-17(14-24-18)20(21,22)23/h2-6,13-14H,7-12H2,1H3. The fourth-order valence-corrected chi connectivity index (χ4v) is 3.07. The minimum absolute atomic E-state index is 0.308. The average molecular weight is 393 g/mol. The van der Waals surface area contributed by atoms with Crippen molar-refractivity contribution >= 4 is 11.9 Å². The van der Waals surface area contributed by atoms with Gasteiger partial charge in [-0.2, -0.15) is 13.2 Å². The Morgan fingerprint density at radius 2 is 1.89 bits per heavy atom. The molecule has 0 radical (unpaired) electrons. The topological polar surface area (TPSA) is 45.7 Å². The SMILES string of the molecule is Cc1cccc(CCOC(=O)N2CCN(c3ccc(C(F)(F)F)cn3)CC2)c1. The number of alkyl halides is 3. The lowest BCUT2D eigenvalue weighted by atomic mass is 10.1. The number of benzene rings is 1. The molecule has 0 atom stereocenters. The number of hydrogen-bond donors (Lipinski definition) is 0. The summed E-state index contributed by atoms with van der Waals surface area (Å²) in [5, 5.41) is 0. The molecule has 1 amide bonds. The molecule has 0 unspecified atom stereocenters. The molecule has 2 heterocycles. The van der Waals surface area contributed by atoms with Crippen molar-refractivity contribution in [2.24, 2.45) is 0 Å². The number of aromatic nitrogens is 1. The van der Waals surface area contributed by atoms with Gasteiger partial charge in [-0.15, -0.1) is 0 Å². The van der Waals surface area contributed by atoms with Gasteiger partial charge in [-0.3, -0.25) is 0 Å². The Kier molecular flexibility index (Phi) is 6.06. The van der Waals surface area contributed by atoms with E-state index in [1.165, 1.54) is 6.07 Å². The minimum Gasteiger partial charge on any atom is -0.449 e. The second kappa shape index (κ2) is 8.50. The predicted octanol–water partition coefficient (Wildman–Crippen LogP) is 3.91. The third kappa shape index (κ3) is 5.15. The van der Waals surface area contributed by atoms with Crippen LogP contribution >= 0.6 is 0 Å². The van der Waals surface area contributed by atoms with Crippen molar-refractivity contribution in [1.82, 2.24) is 9.88 Å². The summed E-state index contributed by atoms with van der Waals surface area (Å²) in [6.45, 7) is 4.18. The van der Waals surface area contributed by atoms with Crippen LogP contribution in [-0.2, 0) is 17.3 Å². The zero-order valence-corrected chi connectivity index (χ0v) is 15.6. The van der Waals surface area contributed by atoms with E-state index in [1.54, 1.807) is 4.90 Å². The zero-order chi connectivity index (χ0) is 20.1. The maximum atomic E-state index is 12.6. The first-order valence-electron chi connectivity index (χ1n) is 9.08. The summed E-state index contributed by atoms with van der Waals surface area (Å²) < 4.78 is 43.2. The highest BCUT2D eigenvalue weighted by molar-refractivity contribution is 5.68. The number of hydrogen-bond acceptors (Lipinski definition) is 4. The van der Waals surface area contributed by atoms with Gasteiger partial charge in [-0.05, 0) is 24.6 Å². The molecule has 1 aliphatic heterocycles. The van der Waals surface area contributed by atoms with Crippen LogP contribution in [0.3, 0.4) is 0 Å². The molecule has 1 aromatic heterocycles. The van der Waals surface area contributed by atoms with Crippen molar-refractivity contribution in [2.45, 2.75) is 19.5 Å². The van der Waals surface area contributed by atoms with Crippen LogP contribution in [-0.4, -0.2) is 48.8 Å². The van der Waals surface area contributed by atoms with Gasteiger partial charge in [-0.25, -0.2) is 9.78 Å². The number of ether oxygens (including phenoxy) is 1. The summed E-state index contributed by atoms with van der Waals surface area (Å²) in [5.41, 5.74) is 1.51. The molecular formula is C20H22F3N3O2. The van der Waals surface area contributed by atoms with Gasteiger partial charge in [0.25, 0.3) is 0 Å². The smallest absolute Gasteiger partial charge is 0.417 e. The molecule has 0 aliphatic carbocycles. The van der Waals surface area contributed by atoms with Gasteiger partial charge in [0.15, 0.2) is 0 Å². The fourth-order valence-electron chi connectivity index (χ4n) is 3.07. The predicted molar refractivity (Wildman–Crippen MR) is 99.3 cm³/mol. The van der Waals surface area contributed by atoms with E-state index >= 15 is 0 Å². The van der Waals surface area contributed by atoms with E-state index < -0.39 is 11.7 Å². The number of anilines is 1. The van der Waals surface area contributed by atoms with Crippen LogP contribution in [0.1, 0.15) is 16.7 Å². The Hall–Kier alpha value is -2.77. The quantitative estimate of drug-likeness (QED) is 0.790. The van der Waals surface area contributed by atoms with Crippen LogP contribution in [0.4, 0.5) is 23.8 Å². The van der Waals surface area contributed by atoms with Crippen LogP contribution < -0.4 is 4.90 Å². The van der Waals surface area contributed by atoms with E-state index in [-0.39, 0.29) is 6.09 Å². The van der Waals surface area contributed by atoms with E-state index in [0.29, 0.717) is 45.0 Å². The van der Waals surface area contributed by atoms with Crippen molar-refractivity contribution in [3.8, 4) is 0 Å². The number of piperazine rings is 1. The highest BCUT2D eigenvalue weighted by Gasteiger charge is 2.31. The van der Waals surface area contributed by atoms with E-state index in [2.05, 4.69) is 11.1 Å². The molecule has 150 valence electrons. The van der Waals surface area contributed by atoms with Crippen LogP contribution in [0.2, 0.25) is 0 Å². The number of pyridine rings is 1. The Morgan fingerprint density at radius 3 is 2.50 bits per heavy atom. The average Bonchev–Trinajstić information content (AvgIpc) is 2.67. The van der Waals surface area contributed by atoms with Crippen molar-refractivity contribution in [2.75, 3.05) is 37.7 Å². The molecular weight excluding hydrogens is 371 g/mol. The molecule has 1 fully saturated rings. The number of nitrogens with zero attached hydrogens (tertiary/aromatic N) is 3. The number of carbonyl (C=O) groups excluding carboxylic acids is 1. The molecule has 0 bridgehead atoms. The molecule has 0 spiro atoms. The lowest BCUT2D eigenvalue weighted by molar-refractivity contribution is -0.137. The monoisotopic (exact) mass is 393 g/mol. The number of carbonyl (C=O) groups is 1. The Morgan fingerprint density at radius 1 is 1.14 bits per heavy atom. The highest BCUT2D eigenvalue weighted by Crippen LogP contribution is 2.29. The second-order valence-electron chi connectivity index (χ2n) is 6.73. The first kappa shape index (κ1) is 20.0. The van der Waals surface area contributed by atoms with Crippen LogP contribution in [0.25, 0.3) is 0 Å². The van der Waals surface area contributed by atoms with Crippen LogP contribution in [0.5, 0.6) is 0 Å². The lowest BCUT2D eigenvalue weighted by Gasteiger charge is -2.34. The lowest BCUT2D eigenvalue weighted by Crippen LogP contribution is -2.49. The Labute approximate surface area is 161 Å². The maximum Gasteiger partial charge on any atom is 0.417 e. The molecule has 28 heavy (non-hydrogen) atoms. The largest absolute Gasteiger partial charge is 0.449 e. The Balaban J connectivity index is 1.45. The molecule has 1 aromatic carbocycles. The number of amides is 1. The first-order valence-corrected chi connectivity index (χ1v) is 9.08. The van der Waals surface area contributed by atoms with Crippen molar-refractivity contribution < 1.29 is 22.7 Å². The summed E-state index contributed by atoms with van der Waals surface area (Å²) in [6.07, 6.45) is -3.27. The molecule has 0 saturated carbocycles. The fraction of sp³-hybridized carbons (Fsp3) is 0.400. The summed E-state index contributed by atoms with van der Waals surface area (Å²) in [6, 6.07) is 10.4. The van der Waals surface area contributed by atoms with Gasteiger partial charge in [-0.1, -0.05) is 29.8 Å². The van der Waals surface area contributed by atoms with E-state index in [9.17, 15) is 18.0 Å². The highest BCUT2D eigenvalue weighted by atomic mass is 19.4. The minimum atomic E-state index is -4.40. The molecule has 0 N–H and O–H groups in total. The normalized spacial score (nSPS) is 14.9. The molecule has 1 aliphatic rings. The molecule has 2 aromatic rings. The Bertz CT molecular complexity index is 801. The summed E-state index contributed by atoms with van der Waals surface area (Å²) >= 11 is 0. The molecule has 1 saturated heterocycles. The first-order chi connectivity index (χ1) is 13.3. The van der Waals surface area contributed by atoms with E-state index in [1.807, 2.05) is 30.0 Å².